The normalized spacial score (nSPS) is 22.9. The molecule has 15 heavy (non-hydrogen) atoms. The molecule has 3 nitrogen and oxygen atoms in total. The van der Waals surface area contributed by atoms with E-state index >= 15 is 0 Å². The van der Waals surface area contributed by atoms with Gasteiger partial charge in [-0.25, -0.2) is 0 Å². The number of hydrogen-bond acceptors (Lipinski definition) is 3. The van der Waals surface area contributed by atoms with Gasteiger partial charge in [0.25, 0.3) is 0 Å². The van der Waals surface area contributed by atoms with Gasteiger partial charge in [0, 0.05) is 13.1 Å². The molecule has 0 amide bonds. The highest BCUT2D eigenvalue weighted by Crippen LogP contribution is 2.16. The van der Waals surface area contributed by atoms with E-state index in [9.17, 15) is 10.2 Å². The van der Waals surface area contributed by atoms with Crippen LogP contribution in [0.3, 0.4) is 0 Å². The molecule has 1 aliphatic rings. The van der Waals surface area contributed by atoms with Crippen LogP contribution in [0.2, 0.25) is 0 Å². The minimum Gasteiger partial charge on any atom is -0.508 e. The van der Waals surface area contributed by atoms with E-state index in [0.29, 0.717) is 5.75 Å². The van der Waals surface area contributed by atoms with Crippen molar-refractivity contribution in [3.05, 3.63) is 29.8 Å². The number of phenols is 1. The molecule has 1 atom stereocenters. The second-order valence-electron chi connectivity index (χ2n) is 4.20. The number of rotatable bonds is 2. The number of β-amino-alcohol motifs (C(OH)–C–C–N with tert-alkyl or cyclic N) is 1. The zero-order valence-electron chi connectivity index (χ0n) is 8.76. The van der Waals surface area contributed by atoms with Crippen molar-refractivity contribution in [2.45, 2.75) is 25.5 Å². The number of aliphatic hydroxyl groups is 1. The van der Waals surface area contributed by atoms with Gasteiger partial charge in [0.1, 0.15) is 5.75 Å². The van der Waals surface area contributed by atoms with Crippen LogP contribution in [0.25, 0.3) is 0 Å². The van der Waals surface area contributed by atoms with Gasteiger partial charge in [-0.15, -0.1) is 0 Å². The van der Waals surface area contributed by atoms with Crippen molar-refractivity contribution in [1.82, 2.24) is 4.90 Å². The number of phenolic OH excluding ortho intramolecular Hbond substituents is 1. The quantitative estimate of drug-likeness (QED) is 0.769. The Morgan fingerprint density at radius 2 is 2.27 bits per heavy atom. The highest BCUT2D eigenvalue weighted by atomic mass is 16.3. The van der Waals surface area contributed by atoms with Crippen molar-refractivity contribution in [3.63, 3.8) is 0 Å². The molecule has 1 aromatic carbocycles. The molecule has 1 aliphatic heterocycles. The third kappa shape index (κ3) is 2.94. The van der Waals surface area contributed by atoms with Gasteiger partial charge in [0.2, 0.25) is 0 Å². The Kier molecular flexibility index (Phi) is 3.23. The van der Waals surface area contributed by atoms with Gasteiger partial charge in [-0.05, 0) is 37.1 Å². The summed E-state index contributed by atoms with van der Waals surface area (Å²) in [5.74, 6) is 0.310. The lowest BCUT2D eigenvalue weighted by Gasteiger charge is -2.29. The number of benzene rings is 1. The van der Waals surface area contributed by atoms with Gasteiger partial charge in [-0.3, -0.25) is 4.90 Å². The lowest BCUT2D eigenvalue weighted by atomic mass is 10.1. The van der Waals surface area contributed by atoms with Crippen LogP contribution in [-0.2, 0) is 6.54 Å². The molecule has 0 aromatic heterocycles. The molecule has 0 radical (unpaired) electrons. The Bertz CT molecular complexity index is 327. The van der Waals surface area contributed by atoms with Crippen molar-refractivity contribution in [3.8, 4) is 5.75 Å². The molecule has 1 fully saturated rings. The van der Waals surface area contributed by atoms with Gasteiger partial charge in [0.15, 0.2) is 0 Å². The molecular formula is C12H17NO2. The van der Waals surface area contributed by atoms with E-state index in [2.05, 4.69) is 4.90 Å². The average molecular weight is 207 g/mol. The maximum absolute atomic E-state index is 9.52. The predicted octanol–water partition coefficient (Wildman–Crippen LogP) is 1.35. The maximum Gasteiger partial charge on any atom is 0.115 e. The number of hydrogen-bond donors (Lipinski definition) is 2. The number of aromatic hydroxyl groups is 1. The molecule has 0 aliphatic carbocycles. The molecule has 2 N–H and O–H groups in total. The Balaban J connectivity index is 1.96. The summed E-state index contributed by atoms with van der Waals surface area (Å²) in [4.78, 5) is 2.23. The molecule has 0 saturated carbocycles. The van der Waals surface area contributed by atoms with Gasteiger partial charge in [0.05, 0.1) is 6.10 Å². The summed E-state index contributed by atoms with van der Waals surface area (Å²) in [6.45, 7) is 2.59. The zero-order chi connectivity index (χ0) is 10.7. The van der Waals surface area contributed by atoms with Crippen molar-refractivity contribution in [2.24, 2.45) is 0 Å². The van der Waals surface area contributed by atoms with Crippen LogP contribution in [0.15, 0.2) is 24.3 Å². The Hall–Kier alpha value is -1.06. The Morgan fingerprint density at radius 3 is 3.00 bits per heavy atom. The summed E-state index contributed by atoms with van der Waals surface area (Å²) in [5.41, 5.74) is 1.10. The maximum atomic E-state index is 9.52. The second kappa shape index (κ2) is 4.64. The molecule has 1 aromatic rings. The Labute approximate surface area is 90.0 Å². The summed E-state index contributed by atoms with van der Waals surface area (Å²) >= 11 is 0. The van der Waals surface area contributed by atoms with Crippen LogP contribution in [0.4, 0.5) is 0 Å². The standard InChI is InChI=1S/C12H17NO2/c14-11-4-1-3-10(7-11)8-13-6-2-5-12(15)9-13/h1,3-4,7,12,14-15H,2,5-6,8-9H2/t12-/m1/s1. The largest absolute Gasteiger partial charge is 0.508 e. The van der Waals surface area contributed by atoms with Crippen LogP contribution in [-0.4, -0.2) is 34.3 Å². The molecule has 82 valence electrons. The first-order valence-corrected chi connectivity index (χ1v) is 5.42. The first-order valence-electron chi connectivity index (χ1n) is 5.42. The summed E-state index contributed by atoms with van der Waals surface area (Å²) in [7, 11) is 0. The van der Waals surface area contributed by atoms with E-state index in [1.807, 2.05) is 12.1 Å². The first-order chi connectivity index (χ1) is 7.24. The molecular weight excluding hydrogens is 190 g/mol. The molecule has 2 rings (SSSR count). The van der Waals surface area contributed by atoms with Crippen molar-refractivity contribution in [2.75, 3.05) is 13.1 Å². The van der Waals surface area contributed by atoms with Gasteiger partial charge >= 0.3 is 0 Å². The summed E-state index contributed by atoms with van der Waals surface area (Å²) in [6, 6.07) is 7.31. The average Bonchev–Trinajstić information content (AvgIpc) is 2.17. The van der Waals surface area contributed by atoms with Crippen LogP contribution in [0, 0.1) is 0 Å². The Morgan fingerprint density at radius 1 is 1.40 bits per heavy atom. The fourth-order valence-electron chi connectivity index (χ4n) is 2.09. The summed E-state index contributed by atoms with van der Waals surface area (Å²) in [6.07, 6.45) is 1.78. The van der Waals surface area contributed by atoms with E-state index in [-0.39, 0.29) is 6.10 Å². The lowest BCUT2D eigenvalue weighted by molar-refractivity contribution is 0.0668. The predicted molar refractivity (Wildman–Crippen MR) is 58.6 cm³/mol. The summed E-state index contributed by atoms with van der Waals surface area (Å²) < 4.78 is 0. The van der Waals surface area contributed by atoms with Crippen LogP contribution in [0.1, 0.15) is 18.4 Å². The SMILES string of the molecule is Oc1cccc(CN2CCC[C@@H](O)C2)c1. The monoisotopic (exact) mass is 207 g/mol. The molecule has 3 heteroatoms. The van der Waals surface area contributed by atoms with Crippen molar-refractivity contribution in [1.29, 1.82) is 0 Å². The molecule has 0 bridgehead atoms. The third-order valence-electron chi connectivity index (χ3n) is 2.80. The van der Waals surface area contributed by atoms with Crippen molar-refractivity contribution < 1.29 is 10.2 Å². The fourth-order valence-corrected chi connectivity index (χ4v) is 2.09. The molecule has 1 heterocycles. The lowest BCUT2D eigenvalue weighted by Crippen LogP contribution is -2.37. The van der Waals surface area contributed by atoms with Crippen LogP contribution < -0.4 is 0 Å². The van der Waals surface area contributed by atoms with E-state index in [1.54, 1.807) is 12.1 Å². The summed E-state index contributed by atoms with van der Waals surface area (Å²) in [5, 5.41) is 18.8. The minimum absolute atomic E-state index is 0.184. The van der Waals surface area contributed by atoms with Crippen molar-refractivity contribution >= 4 is 0 Å². The topological polar surface area (TPSA) is 43.7 Å². The number of aliphatic hydroxyl groups excluding tert-OH is 1. The highest BCUT2D eigenvalue weighted by molar-refractivity contribution is 5.27. The third-order valence-corrected chi connectivity index (χ3v) is 2.80. The first kappa shape index (κ1) is 10.5. The van der Waals surface area contributed by atoms with E-state index in [1.165, 1.54) is 0 Å². The van der Waals surface area contributed by atoms with Crippen LogP contribution in [0.5, 0.6) is 5.75 Å². The molecule has 1 saturated heterocycles. The fraction of sp³-hybridized carbons (Fsp3) is 0.500. The van der Waals surface area contributed by atoms with E-state index < -0.39 is 0 Å². The number of nitrogens with zero attached hydrogens (tertiary/aromatic N) is 1. The van der Waals surface area contributed by atoms with Crippen LogP contribution >= 0.6 is 0 Å². The minimum atomic E-state index is -0.184. The zero-order valence-corrected chi connectivity index (χ0v) is 8.76. The van der Waals surface area contributed by atoms with Gasteiger partial charge < -0.3 is 10.2 Å². The van der Waals surface area contributed by atoms with E-state index in [0.717, 1.165) is 38.0 Å². The van der Waals surface area contributed by atoms with Gasteiger partial charge in [-0.1, -0.05) is 12.1 Å². The van der Waals surface area contributed by atoms with E-state index in [4.69, 9.17) is 0 Å². The second-order valence-corrected chi connectivity index (χ2v) is 4.20. The smallest absolute Gasteiger partial charge is 0.115 e. The van der Waals surface area contributed by atoms with Gasteiger partial charge in [-0.2, -0.15) is 0 Å². The number of piperidine rings is 1. The molecule has 0 spiro atoms. The molecule has 0 unspecified atom stereocenters. The highest BCUT2D eigenvalue weighted by Gasteiger charge is 2.17. The number of likely N-dealkylation sites (tertiary alicyclic amines) is 1.